The first kappa shape index (κ1) is 15.9. The number of amides is 1. The number of rotatable bonds is 4. The summed E-state index contributed by atoms with van der Waals surface area (Å²) in [6.45, 7) is 0. The molecule has 122 valence electrons. The van der Waals surface area contributed by atoms with Crippen LogP contribution >= 0.6 is 11.3 Å². The summed E-state index contributed by atoms with van der Waals surface area (Å²) in [7, 11) is 3.00. The molecule has 0 bridgehead atoms. The van der Waals surface area contributed by atoms with Gasteiger partial charge in [0.05, 0.1) is 7.11 Å². The minimum absolute atomic E-state index is 0.332. The summed E-state index contributed by atoms with van der Waals surface area (Å²) in [5, 5.41) is 9.04. The van der Waals surface area contributed by atoms with Crippen molar-refractivity contribution in [3.63, 3.8) is 0 Å². The zero-order valence-electron chi connectivity index (χ0n) is 13.1. The fraction of sp³-hybridized carbons (Fsp3) is 0.118. The summed E-state index contributed by atoms with van der Waals surface area (Å²) >= 11 is 1.28. The van der Waals surface area contributed by atoms with Gasteiger partial charge in [0.15, 0.2) is 0 Å². The van der Waals surface area contributed by atoms with Crippen LogP contribution in [-0.4, -0.2) is 28.8 Å². The maximum Gasteiger partial charge on any atom is 0.341 e. The maximum absolute atomic E-state index is 12.4. The number of thiophene rings is 1. The van der Waals surface area contributed by atoms with E-state index in [4.69, 9.17) is 4.74 Å². The Bertz CT molecular complexity index is 884. The Morgan fingerprint density at radius 3 is 2.58 bits per heavy atom. The van der Waals surface area contributed by atoms with Crippen LogP contribution in [0.1, 0.15) is 20.8 Å². The van der Waals surface area contributed by atoms with Gasteiger partial charge in [-0.15, -0.1) is 11.3 Å². The van der Waals surface area contributed by atoms with E-state index < -0.39 is 5.97 Å². The number of hydrogen-bond acceptors (Lipinski definition) is 5. The second-order valence-electron chi connectivity index (χ2n) is 5.01. The van der Waals surface area contributed by atoms with Crippen LogP contribution in [0.5, 0.6) is 0 Å². The number of carbonyl (C=O) groups excluding carboxylic acids is 2. The van der Waals surface area contributed by atoms with Crippen molar-refractivity contribution < 1.29 is 14.3 Å². The molecule has 1 aromatic carbocycles. The summed E-state index contributed by atoms with van der Waals surface area (Å²) in [6, 6.07) is 11.1. The largest absolute Gasteiger partial charge is 0.465 e. The predicted octanol–water partition coefficient (Wildman–Crippen LogP) is 3.19. The van der Waals surface area contributed by atoms with E-state index in [0.29, 0.717) is 16.3 Å². The lowest BCUT2D eigenvalue weighted by atomic mass is 10.0. The number of benzene rings is 1. The number of esters is 1. The quantitative estimate of drug-likeness (QED) is 0.740. The van der Waals surface area contributed by atoms with Crippen LogP contribution in [0.3, 0.4) is 0 Å². The lowest BCUT2D eigenvalue weighted by molar-refractivity contribution is 0.0603. The van der Waals surface area contributed by atoms with Crippen molar-refractivity contribution in [1.29, 1.82) is 0 Å². The second-order valence-corrected chi connectivity index (χ2v) is 5.88. The minimum Gasteiger partial charge on any atom is -0.465 e. The number of nitrogens with one attached hydrogen (secondary N) is 1. The van der Waals surface area contributed by atoms with Gasteiger partial charge in [0.1, 0.15) is 16.3 Å². The zero-order chi connectivity index (χ0) is 17.1. The molecular formula is C17H15N3O3S. The molecular weight excluding hydrogens is 326 g/mol. The molecule has 0 unspecified atom stereocenters. The Hall–Kier alpha value is -2.93. The van der Waals surface area contributed by atoms with Crippen molar-refractivity contribution in [2.75, 3.05) is 12.4 Å². The van der Waals surface area contributed by atoms with Gasteiger partial charge >= 0.3 is 5.97 Å². The first-order valence-electron chi connectivity index (χ1n) is 7.16. The molecule has 3 aromatic rings. The van der Waals surface area contributed by atoms with Crippen molar-refractivity contribution in [1.82, 2.24) is 9.78 Å². The van der Waals surface area contributed by atoms with E-state index in [2.05, 4.69) is 10.4 Å². The van der Waals surface area contributed by atoms with Crippen LogP contribution < -0.4 is 5.32 Å². The van der Waals surface area contributed by atoms with Gasteiger partial charge in [-0.2, -0.15) is 5.10 Å². The molecule has 0 spiro atoms. The van der Waals surface area contributed by atoms with E-state index in [-0.39, 0.29) is 5.91 Å². The third-order valence-corrected chi connectivity index (χ3v) is 4.44. The average molecular weight is 341 g/mol. The lowest BCUT2D eigenvalue weighted by Crippen LogP contribution is -2.17. The maximum atomic E-state index is 12.4. The lowest BCUT2D eigenvalue weighted by Gasteiger charge is -2.08. The number of ether oxygens (including phenoxy) is 1. The van der Waals surface area contributed by atoms with E-state index in [9.17, 15) is 9.59 Å². The number of hydrogen-bond donors (Lipinski definition) is 1. The third kappa shape index (κ3) is 2.93. The summed E-state index contributed by atoms with van der Waals surface area (Å²) in [6.07, 6.45) is 1.54. The Kier molecular flexibility index (Phi) is 4.43. The molecule has 1 amide bonds. The first-order chi connectivity index (χ1) is 11.6. The van der Waals surface area contributed by atoms with Crippen LogP contribution in [0.25, 0.3) is 11.1 Å². The molecule has 24 heavy (non-hydrogen) atoms. The smallest absolute Gasteiger partial charge is 0.341 e. The Labute approximate surface area is 142 Å². The Morgan fingerprint density at radius 2 is 1.96 bits per heavy atom. The Morgan fingerprint density at radius 1 is 1.21 bits per heavy atom. The fourth-order valence-corrected chi connectivity index (χ4v) is 3.30. The molecule has 0 atom stereocenters. The fourth-order valence-electron chi connectivity index (χ4n) is 2.35. The molecule has 7 heteroatoms. The van der Waals surface area contributed by atoms with Gasteiger partial charge < -0.3 is 10.1 Å². The molecule has 0 aliphatic heterocycles. The molecule has 0 fully saturated rings. The Balaban J connectivity index is 2.00. The highest BCUT2D eigenvalue weighted by Gasteiger charge is 2.23. The molecule has 0 aliphatic rings. The second kappa shape index (κ2) is 6.67. The predicted molar refractivity (Wildman–Crippen MR) is 92.3 cm³/mol. The molecule has 0 aliphatic carbocycles. The molecule has 1 N–H and O–H groups in total. The normalized spacial score (nSPS) is 10.4. The SMILES string of the molecule is COC(=O)c1c(-c2ccccc2)csc1NC(=O)c1ccnn1C. The van der Waals surface area contributed by atoms with Crippen LogP contribution in [0.15, 0.2) is 48.0 Å². The molecule has 0 radical (unpaired) electrons. The van der Waals surface area contributed by atoms with Gasteiger partial charge in [-0.1, -0.05) is 30.3 Å². The van der Waals surface area contributed by atoms with Crippen molar-refractivity contribution in [3.05, 3.63) is 59.2 Å². The molecule has 6 nitrogen and oxygen atoms in total. The number of carbonyl (C=O) groups is 2. The number of aryl methyl sites for hydroxylation is 1. The first-order valence-corrected chi connectivity index (χ1v) is 8.04. The highest BCUT2D eigenvalue weighted by Crippen LogP contribution is 2.36. The van der Waals surface area contributed by atoms with Crippen LogP contribution in [-0.2, 0) is 11.8 Å². The molecule has 0 saturated carbocycles. The van der Waals surface area contributed by atoms with E-state index in [1.807, 2.05) is 35.7 Å². The number of methoxy groups -OCH3 is 1. The van der Waals surface area contributed by atoms with Gasteiger partial charge in [-0.3, -0.25) is 9.48 Å². The van der Waals surface area contributed by atoms with Crippen molar-refractivity contribution in [3.8, 4) is 11.1 Å². The van der Waals surface area contributed by atoms with Gasteiger partial charge in [-0.25, -0.2) is 4.79 Å². The van der Waals surface area contributed by atoms with E-state index in [0.717, 1.165) is 11.1 Å². The highest BCUT2D eigenvalue weighted by atomic mass is 32.1. The molecule has 2 aromatic heterocycles. The van der Waals surface area contributed by atoms with E-state index >= 15 is 0 Å². The topological polar surface area (TPSA) is 73.2 Å². The van der Waals surface area contributed by atoms with Crippen LogP contribution in [0, 0.1) is 0 Å². The number of aromatic nitrogens is 2. The van der Waals surface area contributed by atoms with Gasteiger partial charge in [0.2, 0.25) is 0 Å². The standard InChI is InChI=1S/C17H15N3O3S/c1-20-13(8-9-18-20)15(21)19-16-14(17(22)23-2)12(10-24-16)11-6-4-3-5-7-11/h3-10H,1-2H3,(H,19,21). The zero-order valence-corrected chi connectivity index (χ0v) is 14.0. The summed E-state index contributed by atoms with van der Waals surface area (Å²) < 4.78 is 6.36. The summed E-state index contributed by atoms with van der Waals surface area (Å²) in [4.78, 5) is 24.6. The van der Waals surface area contributed by atoms with E-state index in [1.54, 1.807) is 19.3 Å². The molecule has 0 saturated heterocycles. The highest BCUT2D eigenvalue weighted by molar-refractivity contribution is 7.15. The number of anilines is 1. The van der Waals surface area contributed by atoms with Crippen LogP contribution in [0.4, 0.5) is 5.00 Å². The molecule has 2 heterocycles. The van der Waals surface area contributed by atoms with Gasteiger partial charge in [0.25, 0.3) is 5.91 Å². The van der Waals surface area contributed by atoms with Gasteiger partial charge in [0, 0.05) is 24.2 Å². The summed E-state index contributed by atoms with van der Waals surface area (Å²) in [5.74, 6) is -0.822. The van der Waals surface area contributed by atoms with Crippen LogP contribution in [0.2, 0.25) is 0 Å². The van der Waals surface area contributed by atoms with E-state index in [1.165, 1.54) is 23.1 Å². The summed E-state index contributed by atoms with van der Waals surface area (Å²) in [5.41, 5.74) is 2.37. The van der Waals surface area contributed by atoms with Gasteiger partial charge in [-0.05, 0) is 11.6 Å². The average Bonchev–Trinajstić information content (AvgIpc) is 3.21. The van der Waals surface area contributed by atoms with Crippen molar-refractivity contribution in [2.24, 2.45) is 7.05 Å². The molecule has 3 rings (SSSR count). The monoisotopic (exact) mass is 341 g/mol. The third-order valence-electron chi connectivity index (χ3n) is 3.55. The minimum atomic E-state index is -0.490. The number of nitrogens with zero attached hydrogens (tertiary/aromatic N) is 2. The van der Waals surface area contributed by atoms with Crippen molar-refractivity contribution >= 4 is 28.2 Å². The van der Waals surface area contributed by atoms with Crippen molar-refractivity contribution in [2.45, 2.75) is 0 Å².